The number of benzene rings is 1. The third-order valence-electron chi connectivity index (χ3n) is 2.45. The molecule has 0 aliphatic carbocycles. The van der Waals surface area contributed by atoms with E-state index in [0.29, 0.717) is 18.6 Å². The lowest BCUT2D eigenvalue weighted by atomic mass is 10.0. The molecular weight excluding hydrogens is 223 g/mol. The van der Waals surface area contributed by atoms with Gasteiger partial charge in [0.15, 0.2) is 17.3 Å². The van der Waals surface area contributed by atoms with Crippen molar-refractivity contribution in [2.45, 2.75) is 26.4 Å². The molecule has 1 atom stereocenters. The van der Waals surface area contributed by atoms with Crippen LogP contribution in [-0.4, -0.2) is 19.5 Å². The Hall–Kier alpha value is -1.42. The Balaban J connectivity index is 3.02. The van der Waals surface area contributed by atoms with Crippen molar-refractivity contribution in [3.8, 4) is 5.75 Å². The summed E-state index contributed by atoms with van der Waals surface area (Å²) >= 11 is 0. The molecule has 0 spiro atoms. The standard InChI is InChI=1S/C13H17FO3/c1-4-11(15)13(17-5-2)9-6-7-12(16-3)10(14)8-9/h6-8,13H,4-5H2,1-3H3. The van der Waals surface area contributed by atoms with Gasteiger partial charge in [0.05, 0.1) is 7.11 Å². The number of ketones is 1. The van der Waals surface area contributed by atoms with Gasteiger partial charge in [-0.05, 0) is 24.6 Å². The molecule has 0 fully saturated rings. The van der Waals surface area contributed by atoms with Gasteiger partial charge in [-0.1, -0.05) is 13.0 Å². The average Bonchev–Trinajstić information content (AvgIpc) is 2.35. The van der Waals surface area contributed by atoms with Crippen molar-refractivity contribution >= 4 is 5.78 Å². The minimum atomic E-state index is -0.689. The minimum Gasteiger partial charge on any atom is -0.494 e. The highest BCUT2D eigenvalue weighted by molar-refractivity contribution is 5.84. The lowest BCUT2D eigenvalue weighted by Gasteiger charge is -2.16. The van der Waals surface area contributed by atoms with Crippen LogP contribution in [0.15, 0.2) is 18.2 Å². The molecule has 1 aromatic rings. The van der Waals surface area contributed by atoms with Crippen molar-refractivity contribution in [2.24, 2.45) is 0 Å². The summed E-state index contributed by atoms with van der Waals surface area (Å²) in [6.07, 6.45) is -0.330. The quantitative estimate of drug-likeness (QED) is 0.767. The van der Waals surface area contributed by atoms with Gasteiger partial charge in [0.1, 0.15) is 6.10 Å². The SMILES string of the molecule is CCOC(C(=O)CC)c1ccc(OC)c(F)c1. The number of hydrogen-bond donors (Lipinski definition) is 0. The highest BCUT2D eigenvalue weighted by Gasteiger charge is 2.20. The van der Waals surface area contributed by atoms with E-state index < -0.39 is 11.9 Å². The van der Waals surface area contributed by atoms with Crippen LogP contribution in [0.2, 0.25) is 0 Å². The lowest BCUT2D eigenvalue weighted by molar-refractivity contribution is -0.130. The van der Waals surface area contributed by atoms with Crippen LogP contribution < -0.4 is 4.74 Å². The normalized spacial score (nSPS) is 12.2. The molecule has 0 saturated heterocycles. The van der Waals surface area contributed by atoms with E-state index in [1.165, 1.54) is 19.2 Å². The number of ether oxygens (including phenoxy) is 2. The minimum absolute atomic E-state index is 0.0589. The highest BCUT2D eigenvalue weighted by Crippen LogP contribution is 2.25. The summed E-state index contributed by atoms with van der Waals surface area (Å²) in [6, 6.07) is 4.43. The van der Waals surface area contributed by atoms with Crippen LogP contribution in [0.5, 0.6) is 5.75 Å². The Morgan fingerprint density at radius 1 is 1.41 bits per heavy atom. The summed E-state index contributed by atoms with van der Waals surface area (Å²) in [4.78, 5) is 11.7. The van der Waals surface area contributed by atoms with Crippen molar-refractivity contribution in [3.63, 3.8) is 0 Å². The second kappa shape index (κ2) is 6.35. The average molecular weight is 240 g/mol. The Bertz CT molecular complexity index is 390. The van der Waals surface area contributed by atoms with Gasteiger partial charge in [-0.3, -0.25) is 4.79 Å². The molecule has 1 aromatic carbocycles. The molecule has 1 rings (SSSR count). The molecule has 0 saturated carbocycles. The Morgan fingerprint density at radius 2 is 2.12 bits per heavy atom. The van der Waals surface area contributed by atoms with Crippen LogP contribution in [-0.2, 0) is 9.53 Å². The summed E-state index contributed by atoms with van der Waals surface area (Å²) < 4.78 is 23.7. The summed E-state index contributed by atoms with van der Waals surface area (Å²) in [5.41, 5.74) is 0.525. The maximum absolute atomic E-state index is 13.5. The van der Waals surface area contributed by atoms with Crippen molar-refractivity contribution in [2.75, 3.05) is 13.7 Å². The Labute approximate surface area is 101 Å². The number of Topliss-reactive ketones (excluding diaryl/α,β-unsaturated/α-hetero) is 1. The molecule has 4 heteroatoms. The first kappa shape index (κ1) is 13.6. The van der Waals surface area contributed by atoms with Gasteiger partial charge in [-0.25, -0.2) is 4.39 Å². The molecule has 0 N–H and O–H groups in total. The van der Waals surface area contributed by atoms with Crippen molar-refractivity contribution in [1.29, 1.82) is 0 Å². The fourth-order valence-corrected chi connectivity index (χ4v) is 1.57. The number of halogens is 1. The molecule has 94 valence electrons. The number of carbonyl (C=O) groups excluding carboxylic acids is 1. The maximum atomic E-state index is 13.5. The van der Waals surface area contributed by atoms with Gasteiger partial charge in [-0.15, -0.1) is 0 Å². The largest absolute Gasteiger partial charge is 0.494 e. The molecule has 0 aromatic heterocycles. The summed E-state index contributed by atoms with van der Waals surface area (Å²) in [6.45, 7) is 3.97. The third-order valence-corrected chi connectivity index (χ3v) is 2.45. The van der Waals surface area contributed by atoms with Gasteiger partial charge in [0, 0.05) is 13.0 Å². The highest BCUT2D eigenvalue weighted by atomic mass is 19.1. The molecule has 0 heterocycles. The van der Waals surface area contributed by atoms with Gasteiger partial charge in [0.2, 0.25) is 0 Å². The van der Waals surface area contributed by atoms with Crippen LogP contribution in [0.25, 0.3) is 0 Å². The van der Waals surface area contributed by atoms with Gasteiger partial charge >= 0.3 is 0 Å². The zero-order valence-corrected chi connectivity index (χ0v) is 10.3. The van der Waals surface area contributed by atoms with Gasteiger partial charge < -0.3 is 9.47 Å². The fraction of sp³-hybridized carbons (Fsp3) is 0.462. The molecule has 0 bridgehead atoms. The zero-order valence-electron chi connectivity index (χ0n) is 10.3. The zero-order chi connectivity index (χ0) is 12.8. The third kappa shape index (κ3) is 3.27. The first-order chi connectivity index (χ1) is 8.13. The second-order valence-electron chi connectivity index (χ2n) is 3.55. The molecule has 3 nitrogen and oxygen atoms in total. The molecule has 0 radical (unpaired) electrons. The van der Waals surface area contributed by atoms with E-state index in [9.17, 15) is 9.18 Å². The molecule has 0 aliphatic rings. The molecule has 0 amide bonds. The predicted molar refractivity (Wildman–Crippen MR) is 62.6 cm³/mol. The van der Waals surface area contributed by atoms with E-state index in [-0.39, 0.29) is 11.5 Å². The predicted octanol–water partition coefficient (Wildman–Crippen LogP) is 2.89. The van der Waals surface area contributed by atoms with Crippen molar-refractivity contribution < 1.29 is 18.7 Å². The smallest absolute Gasteiger partial charge is 0.165 e. The van der Waals surface area contributed by atoms with Crippen molar-refractivity contribution in [1.82, 2.24) is 0 Å². The number of rotatable bonds is 6. The van der Waals surface area contributed by atoms with E-state index in [1.807, 2.05) is 0 Å². The lowest BCUT2D eigenvalue weighted by Crippen LogP contribution is -2.15. The van der Waals surface area contributed by atoms with E-state index in [0.717, 1.165) is 0 Å². The van der Waals surface area contributed by atoms with Crippen LogP contribution in [0.3, 0.4) is 0 Å². The number of hydrogen-bond acceptors (Lipinski definition) is 3. The van der Waals surface area contributed by atoms with E-state index in [1.54, 1.807) is 19.9 Å². The van der Waals surface area contributed by atoms with Crippen LogP contribution in [0.4, 0.5) is 4.39 Å². The van der Waals surface area contributed by atoms with Crippen molar-refractivity contribution in [3.05, 3.63) is 29.6 Å². The number of carbonyl (C=O) groups is 1. The fourth-order valence-electron chi connectivity index (χ4n) is 1.57. The van der Waals surface area contributed by atoms with Gasteiger partial charge in [0.25, 0.3) is 0 Å². The molecule has 17 heavy (non-hydrogen) atoms. The van der Waals surface area contributed by atoms with E-state index in [4.69, 9.17) is 9.47 Å². The monoisotopic (exact) mass is 240 g/mol. The number of methoxy groups -OCH3 is 1. The maximum Gasteiger partial charge on any atom is 0.165 e. The summed E-state index contributed by atoms with van der Waals surface area (Å²) in [7, 11) is 1.40. The van der Waals surface area contributed by atoms with Crippen LogP contribution in [0, 0.1) is 5.82 Å². The molecule has 0 aliphatic heterocycles. The molecular formula is C13H17FO3. The topological polar surface area (TPSA) is 35.5 Å². The van der Waals surface area contributed by atoms with Gasteiger partial charge in [-0.2, -0.15) is 0 Å². The first-order valence-corrected chi connectivity index (χ1v) is 5.61. The van der Waals surface area contributed by atoms with Crippen LogP contribution in [0.1, 0.15) is 31.9 Å². The summed E-state index contributed by atoms with van der Waals surface area (Å²) in [5, 5.41) is 0. The Kier molecular flexibility index (Phi) is 5.10. The molecule has 1 unspecified atom stereocenters. The Morgan fingerprint density at radius 3 is 2.59 bits per heavy atom. The second-order valence-corrected chi connectivity index (χ2v) is 3.55. The van der Waals surface area contributed by atoms with Crippen LogP contribution >= 0.6 is 0 Å². The van der Waals surface area contributed by atoms with E-state index >= 15 is 0 Å². The first-order valence-electron chi connectivity index (χ1n) is 5.61. The van der Waals surface area contributed by atoms with E-state index in [2.05, 4.69) is 0 Å². The summed E-state index contributed by atoms with van der Waals surface area (Å²) in [5.74, 6) is -0.386.